The molecule has 0 radical (unpaired) electrons. The average Bonchev–Trinajstić information content (AvgIpc) is 2.38. The second-order valence-corrected chi connectivity index (χ2v) is 3.55. The highest BCUT2D eigenvalue weighted by molar-refractivity contribution is 5.76. The van der Waals surface area contributed by atoms with Gasteiger partial charge in [-0.05, 0) is 18.9 Å². The molecule has 0 spiro atoms. The van der Waals surface area contributed by atoms with Crippen LogP contribution in [0.4, 0.5) is 5.95 Å². The van der Waals surface area contributed by atoms with Crippen LogP contribution in [0.5, 0.6) is 0 Å². The number of carboxylic acids is 1. The average molecular weight is 250 g/mol. The van der Waals surface area contributed by atoms with Gasteiger partial charge in [0.1, 0.15) is 17.8 Å². The first kappa shape index (κ1) is 13.9. The molecule has 0 fully saturated rings. The summed E-state index contributed by atoms with van der Waals surface area (Å²) in [6, 6.07) is 2.52. The number of rotatable bonds is 7. The van der Waals surface area contributed by atoms with Crippen LogP contribution in [0.3, 0.4) is 0 Å². The minimum atomic E-state index is -0.989. The summed E-state index contributed by atoms with van der Waals surface area (Å²) in [5.41, 5.74) is 0.188. The lowest BCUT2D eigenvalue weighted by Gasteiger charge is -2.13. The number of aliphatic carboxylic acids is 1. The van der Waals surface area contributed by atoms with Gasteiger partial charge in [0.25, 0.3) is 0 Å². The number of hydrogen-bond acceptors (Lipinski definition) is 6. The highest BCUT2D eigenvalue weighted by Crippen LogP contribution is 2.06. The Hall–Kier alpha value is -2.20. The van der Waals surface area contributed by atoms with Gasteiger partial charge in [-0.3, -0.25) is 0 Å². The molecule has 18 heavy (non-hydrogen) atoms. The highest BCUT2D eigenvalue weighted by Gasteiger charge is 2.17. The number of anilines is 1. The van der Waals surface area contributed by atoms with E-state index >= 15 is 0 Å². The van der Waals surface area contributed by atoms with E-state index in [1.165, 1.54) is 12.3 Å². The Morgan fingerprint density at radius 3 is 3.11 bits per heavy atom. The van der Waals surface area contributed by atoms with E-state index in [-0.39, 0.29) is 11.6 Å². The summed E-state index contributed by atoms with van der Waals surface area (Å²) in [7, 11) is 1.56. The molecule has 0 aliphatic carbocycles. The van der Waals surface area contributed by atoms with Crippen molar-refractivity contribution in [2.75, 3.05) is 19.0 Å². The number of methoxy groups -OCH3 is 1. The second-order valence-electron chi connectivity index (χ2n) is 3.55. The smallest absolute Gasteiger partial charge is 0.326 e. The largest absolute Gasteiger partial charge is 0.480 e. The highest BCUT2D eigenvalue weighted by atomic mass is 16.5. The van der Waals surface area contributed by atoms with E-state index in [1.54, 1.807) is 7.11 Å². The molecule has 7 nitrogen and oxygen atoms in total. The van der Waals surface area contributed by atoms with Gasteiger partial charge in [-0.25, -0.2) is 14.8 Å². The van der Waals surface area contributed by atoms with Crippen LogP contribution in [0.15, 0.2) is 12.3 Å². The van der Waals surface area contributed by atoms with Gasteiger partial charge < -0.3 is 15.2 Å². The molecule has 0 aliphatic rings. The normalized spacial score (nSPS) is 11.6. The number of nitriles is 1. The van der Waals surface area contributed by atoms with Gasteiger partial charge in [-0.15, -0.1) is 0 Å². The summed E-state index contributed by atoms with van der Waals surface area (Å²) < 4.78 is 4.86. The molecular weight excluding hydrogens is 236 g/mol. The Labute approximate surface area is 104 Å². The van der Waals surface area contributed by atoms with E-state index < -0.39 is 12.0 Å². The van der Waals surface area contributed by atoms with Crippen molar-refractivity contribution in [3.05, 3.63) is 18.0 Å². The molecule has 7 heteroatoms. The molecule has 1 heterocycles. The summed E-state index contributed by atoms with van der Waals surface area (Å²) in [5.74, 6) is -0.851. The first-order valence-corrected chi connectivity index (χ1v) is 5.38. The van der Waals surface area contributed by atoms with Gasteiger partial charge in [0.15, 0.2) is 0 Å². The molecule has 0 saturated heterocycles. The molecule has 0 aromatic carbocycles. The second kappa shape index (κ2) is 7.19. The lowest BCUT2D eigenvalue weighted by Crippen LogP contribution is -2.30. The van der Waals surface area contributed by atoms with Crippen LogP contribution in [0, 0.1) is 11.3 Å². The van der Waals surface area contributed by atoms with E-state index in [2.05, 4.69) is 15.3 Å². The lowest BCUT2D eigenvalue weighted by molar-refractivity contribution is -0.138. The summed E-state index contributed by atoms with van der Waals surface area (Å²) in [6.07, 6.45) is 2.41. The zero-order chi connectivity index (χ0) is 13.4. The van der Waals surface area contributed by atoms with Crippen LogP contribution >= 0.6 is 0 Å². The fourth-order valence-electron chi connectivity index (χ4n) is 1.34. The van der Waals surface area contributed by atoms with E-state index in [1.807, 2.05) is 6.07 Å². The fraction of sp³-hybridized carbons (Fsp3) is 0.455. The molecule has 1 rings (SSSR count). The van der Waals surface area contributed by atoms with Crippen molar-refractivity contribution >= 4 is 11.9 Å². The molecule has 1 atom stereocenters. The standard InChI is InChI=1S/C11H14N4O3/c1-18-6-2-3-9(10(16)17)15-11-13-5-4-8(7-12)14-11/h4-5,9H,2-3,6H2,1H3,(H,16,17)(H,13,14,15). The minimum absolute atomic E-state index is 0.138. The third-order valence-electron chi connectivity index (χ3n) is 2.21. The molecule has 1 aromatic rings. The van der Waals surface area contributed by atoms with Crippen molar-refractivity contribution in [1.29, 1.82) is 5.26 Å². The quantitative estimate of drug-likeness (QED) is 0.683. The van der Waals surface area contributed by atoms with Gasteiger partial charge in [-0.1, -0.05) is 0 Å². The summed E-state index contributed by atoms with van der Waals surface area (Å²) in [5, 5.41) is 20.4. The third-order valence-corrected chi connectivity index (χ3v) is 2.21. The first-order chi connectivity index (χ1) is 8.67. The number of aromatic nitrogens is 2. The van der Waals surface area contributed by atoms with Gasteiger partial charge >= 0.3 is 5.97 Å². The van der Waals surface area contributed by atoms with E-state index in [4.69, 9.17) is 15.1 Å². The van der Waals surface area contributed by atoms with Crippen LogP contribution in [0.1, 0.15) is 18.5 Å². The molecule has 96 valence electrons. The lowest BCUT2D eigenvalue weighted by atomic mass is 10.1. The zero-order valence-electron chi connectivity index (χ0n) is 9.96. The van der Waals surface area contributed by atoms with Crippen molar-refractivity contribution in [2.24, 2.45) is 0 Å². The van der Waals surface area contributed by atoms with Crippen LogP contribution in [0.25, 0.3) is 0 Å². The molecule has 0 bridgehead atoms. The van der Waals surface area contributed by atoms with Crippen molar-refractivity contribution in [3.8, 4) is 6.07 Å². The van der Waals surface area contributed by atoms with Crippen LogP contribution in [0.2, 0.25) is 0 Å². The number of ether oxygens (including phenoxy) is 1. The maximum Gasteiger partial charge on any atom is 0.326 e. The number of hydrogen-bond donors (Lipinski definition) is 2. The maximum atomic E-state index is 11.0. The van der Waals surface area contributed by atoms with Crippen LogP contribution < -0.4 is 5.32 Å². The fourth-order valence-corrected chi connectivity index (χ4v) is 1.34. The number of nitrogens with zero attached hydrogens (tertiary/aromatic N) is 3. The van der Waals surface area contributed by atoms with Crippen molar-refractivity contribution in [1.82, 2.24) is 9.97 Å². The van der Waals surface area contributed by atoms with Gasteiger partial charge in [0.2, 0.25) is 5.95 Å². The summed E-state index contributed by atoms with van der Waals surface area (Å²) in [6.45, 7) is 0.491. The van der Waals surface area contributed by atoms with E-state index in [0.29, 0.717) is 19.4 Å². The summed E-state index contributed by atoms with van der Waals surface area (Å²) in [4.78, 5) is 18.8. The molecule has 0 amide bonds. The predicted molar refractivity (Wildman–Crippen MR) is 62.9 cm³/mol. The Balaban J connectivity index is 2.65. The Morgan fingerprint density at radius 1 is 1.72 bits per heavy atom. The molecule has 1 unspecified atom stereocenters. The van der Waals surface area contributed by atoms with E-state index in [0.717, 1.165) is 0 Å². The van der Waals surface area contributed by atoms with Crippen molar-refractivity contribution in [3.63, 3.8) is 0 Å². The summed E-state index contributed by atoms with van der Waals surface area (Å²) >= 11 is 0. The number of carboxylic acid groups (broad SMARTS) is 1. The monoisotopic (exact) mass is 250 g/mol. The van der Waals surface area contributed by atoms with Gasteiger partial charge in [0.05, 0.1) is 0 Å². The Morgan fingerprint density at radius 2 is 2.50 bits per heavy atom. The third kappa shape index (κ3) is 4.35. The molecule has 0 saturated carbocycles. The maximum absolute atomic E-state index is 11.0. The van der Waals surface area contributed by atoms with E-state index in [9.17, 15) is 4.79 Å². The Kier molecular flexibility index (Phi) is 5.54. The first-order valence-electron chi connectivity index (χ1n) is 5.38. The molecule has 0 aliphatic heterocycles. The number of nitrogens with one attached hydrogen (secondary N) is 1. The molecular formula is C11H14N4O3. The minimum Gasteiger partial charge on any atom is -0.480 e. The van der Waals surface area contributed by atoms with Crippen LogP contribution in [-0.4, -0.2) is 40.8 Å². The number of carbonyl (C=O) groups is 1. The van der Waals surface area contributed by atoms with Crippen LogP contribution in [-0.2, 0) is 9.53 Å². The van der Waals surface area contributed by atoms with Crippen molar-refractivity contribution < 1.29 is 14.6 Å². The Bertz CT molecular complexity index is 444. The molecule has 1 aromatic heterocycles. The SMILES string of the molecule is COCCCC(Nc1nccc(C#N)n1)C(=O)O. The topological polar surface area (TPSA) is 108 Å². The molecule has 2 N–H and O–H groups in total. The zero-order valence-corrected chi connectivity index (χ0v) is 9.96. The van der Waals surface area contributed by atoms with Gasteiger partial charge in [0, 0.05) is 19.9 Å². The van der Waals surface area contributed by atoms with Gasteiger partial charge in [-0.2, -0.15) is 5.26 Å². The van der Waals surface area contributed by atoms with Crippen molar-refractivity contribution in [2.45, 2.75) is 18.9 Å². The predicted octanol–water partition coefficient (Wildman–Crippen LogP) is 0.640.